The average molecular weight is 395 g/mol. The Morgan fingerprint density at radius 2 is 1.86 bits per heavy atom. The molecule has 0 bridgehead atoms. The second-order valence-corrected chi connectivity index (χ2v) is 8.19. The summed E-state index contributed by atoms with van der Waals surface area (Å²) in [4.78, 5) is 31.4. The quantitative estimate of drug-likeness (QED) is 0.766. The lowest BCUT2D eigenvalue weighted by molar-refractivity contribution is 0.0237. The van der Waals surface area contributed by atoms with Gasteiger partial charge < -0.3 is 15.6 Å². The largest absolute Gasteiger partial charge is 0.506 e. The van der Waals surface area contributed by atoms with E-state index >= 15 is 0 Å². The van der Waals surface area contributed by atoms with Crippen LogP contribution in [0.4, 0.5) is 4.79 Å². The summed E-state index contributed by atoms with van der Waals surface area (Å²) in [5.41, 5.74) is 11.3. The van der Waals surface area contributed by atoms with E-state index in [1.807, 2.05) is 13.0 Å². The van der Waals surface area contributed by atoms with Gasteiger partial charge >= 0.3 is 6.16 Å². The summed E-state index contributed by atoms with van der Waals surface area (Å²) in [5.74, 6) is -0.572. The van der Waals surface area contributed by atoms with Gasteiger partial charge in [-0.25, -0.2) is 9.78 Å². The first-order valence-electron chi connectivity index (χ1n) is 9.97. The van der Waals surface area contributed by atoms with Crippen LogP contribution in [0.3, 0.4) is 0 Å². The van der Waals surface area contributed by atoms with Gasteiger partial charge in [-0.05, 0) is 75.0 Å². The standard InChI is InChI=1S/C22H25N3O4/c1-12-18(25-19(20(23)26)13(2)24-12)15-3-4-17-14(11-15)5-8-22(17)9-6-16(7-10-22)29-21(27)28/h3-4,11,16H,5-10H2,1-2H3,(H2,23,26)(H,27,28). The van der Waals surface area contributed by atoms with Crippen molar-refractivity contribution in [1.82, 2.24) is 9.97 Å². The summed E-state index contributed by atoms with van der Waals surface area (Å²) in [6.45, 7) is 3.62. The number of hydrogen-bond donors (Lipinski definition) is 2. The first-order chi connectivity index (χ1) is 13.8. The third-order valence-electron chi connectivity index (χ3n) is 6.46. The number of fused-ring (bicyclic) bond motifs is 2. The molecule has 1 fully saturated rings. The molecule has 1 aromatic heterocycles. The maximum Gasteiger partial charge on any atom is 0.506 e. The summed E-state index contributed by atoms with van der Waals surface area (Å²) >= 11 is 0. The average Bonchev–Trinajstić information content (AvgIpc) is 3.01. The minimum absolute atomic E-state index is 0.110. The number of ether oxygens (including phenoxy) is 1. The molecule has 2 aromatic rings. The van der Waals surface area contributed by atoms with Crippen LogP contribution in [0.2, 0.25) is 0 Å². The first-order valence-corrected chi connectivity index (χ1v) is 9.97. The van der Waals surface area contributed by atoms with Gasteiger partial charge in [-0.15, -0.1) is 0 Å². The second kappa shape index (κ2) is 7.13. The molecule has 152 valence electrons. The van der Waals surface area contributed by atoms with Crippen LogP contribution < -0.4 is 5.73 Å². The van der Waals surface area contributed by atoms with E-state index in [0.29, 0.717) is 11.4 Å². The Balaban J connectivity index is 1.63. The lowest BCUT2D eigenvalue weighted by Gasteiger charge is -2.37. The highest BCUT2D eigenvalue weighted by Gasteiger charge is 2.42. The Kier molecular flexibility index (Phi) is 4.76. The van der Waals surface area contributed by atoms with Crippen molar-refractivity contribution < 1.29 is 19.4 Å². The van der Waals surface area contributed by atoms with Crippen molar-refractivity contribution in [3.05, 3.63) is 46.4 Å². The molecule has 1 heterocycles. The number of aryl methyl sites for hydroxylation is 3. The summed E-state index contributed by atoms with van der Waals surface area (Å²) in [6.07, 6.45) is 4.06. The van der Waals surface area contributed by atoms with Crippen molar-refractivity contribution >= 4 is 12.1 Å². The molecule has 7 nitrogen and oxygen atoms in total. The molecule has 4 rings (SSSR count). The number of benzene rings is 1. The zero-order chi connectivity index (χ0) is 20.8. The Morgan fingerprint density at radius 3 is 2.52 bits per heavy atom. The number of hydrogen-bond acceptors (Lipinski definition) is 5. The zero-order valence-corrected chi connectivity index (χ0v) is 16.7. The number of amides is 1. The van der Waals surface area contributed by atoms with Gasteiger partial charge in [-0.1, -0.05) is 12.1 Å². The molecule has 3 N–H and O–H groups in total. The SMILES string of the molecule is Cc1nc(C)c(-c2ccc3c(c2)CCC32CCC(OC(=O)O)CC2)nc1C(N)=O. The van der Waals surface area contributed by atoms with Crippen molar-refractivity contribution in [3.8, 4) is 11.3 Å². The Hall–Kier alpha value is -2.96. The Labute approximate surface area is 169 Å². The summed E-state index contributed by atoms with van der Waals surface area (Å²) in [7, 11) is 0. The minimum Gasteiger partial charge on any atom is -0.450 e. The van der Waals surface area contributed by atoms with E-state index in [2.05, 4.69) is 22.1 Å². The monoisotopic (exact) mass is 395 g/mol. The van der Waals surface area contributed by atoms with Gasteiger partial charge in [-0.3, -0.25) is 9.78 Å². The third-order valence-corrected chi connectivity index (χ3v) is 6.46. The molecule has 1 aromatic carbocycles. The molecule has 29 heavy (non-hydrogen) atoms. The van der Waals surface area contributed by atoms with Crippen LogP contribution in [-0.2, 0) is 16.6 Å². The molecular weight excluding hydrogens is 370 g/mol. The van der Waals surface area contributed by atoms with E-state index in [1.54, 1.807) is 6.92 Å². The van der Waals surface area contributed by atoms with Gasteiger partial charge in [0, 0.05) is 5.56 Å². The molecule has 2 aliphatic carbocycles. The van der Waals surface area contributed by atoms with Crippen LogP contribution in [0.5, 0.6) is 0 Å². The number of aromatic nitrogens is 2. The van der Waals surface area contributed by atoms with Crippen LogP contribution in [0.25, 0.3) is 11.3 Å². The van der Waals surface area contributed by atoms with Crippen LogP contribution in [0.15, 0.2) is 18.2 Å². The molecule has 0 saturated heterocycles. The fraction of sp³-hybridized carbons (Fsp3) is 0.455. The number of carbonyl (C=O) groups excluding carboxylic acids is 1. The number of nitrogens with zero attached hydrogens (tertiary/aromatic N) is 2. The van der Waals surface area contributed by atoms with E-state index in [1.165, 1.54) is 11.1 Å². The van der Waals surface area contributed by atoms with E-state index < -0.39 is 12.1 Å². The summed E-state index contributed by atoms with van der Waals surface area (Å²) < 4.78 is 4.98. The van der Waals surface area contributed by atoms with Crippen molar-refractivity contribution in [2.75, 3.05) is 0 Å². The molecule has 7 heteroatoms. The second-order valence-electron chi connectivity index (χ2n) is 8.19. The topological polar surface area (TPSA) is 115 Å². The van der Waals surface area contributed by atoms with E-state index in [0.717, 1.165) is 49.8 Å². The van der Waals surface area contributed by atoms with E-state index in [9.17, 15) is 9.59 Å². The van der Waals surface area contributed by atoms with Gasteiger partial charge in [-0.2, -0.15) is 0 Å². The smallest absolute Gasteiger partial charge is 0.450 e. The number of nitrogens with two attached hydrogens (primary N) is 1. The number of carboxylic acid groups (broad SMARTS) is 1. The maximum atomic E-state index is 11.7. The zero-order valence-electron chi connectivity index (χ0n) is 16.7. The molecule has 1 saturated carbocycles. The highest BCUT2D eigenvalue weighted by molar-refractivity contribution is 5.92. The molecule has 2 aliphatic rings. The van der Waals surface area contributed by atoms with Gasteiger partial charge in [0.25, 0.3) is 5.91 Å². The molecule has 0 unspecified atom stereocenters. The summed E-state index contributed by atoms with van der Waals surface area (Å²) in [5, 5.41) is 8.85. The van der Waals surface area contributed by atoms with Gasteiger partial charge in [0.2, 0.25) is 0 Å². The number of carbonyl (C=O) groups is 2. The Morgan fingerprint density at radius 1 is 1.14 bits per heavy atom. The summed E-state index contributed by atoms with van der Waals surface area (Å²) in [6, 6.07) is 6.37. The molecule has 1 spiro atoms. The minimum atomic E-state index is -1.19. The molecular formula is C22H25N3O4. The fourth-order valence-corrected chi connectivity index (χ4v) is 5.04. The van der Waals surface area contributed by atoms with E-state index in [-0.39, 0.29) is 17.2 Å². The van der Waals surface area contributed by atoms with Gasteiger partial charge in [0.1, 0.15) is 11.8 Å². The lowest BCUT2D eigenvalue weighted by atomic mass is 9.69. The third kappa shape index (κ3) is 3.45. The first kappa shape index (κ1) is 19.4. The van der Waals surface area contributed by atoms with Crippen molar-refractivity contribution in [1.29, 1.82) is 0 Å². The molecule has 0 atom stereocenters. The van der Waals surface area contributed by atoms with Gasteiger partial charge in [0.15, 0.2) is 0 Å². The maximum absolute atomic E-state index is 11.7. The van der Waals surface area contributed by atoms with Crippen LogP contribution in [-0.4, -0.2) is 33.2 Å². The molecule has 0 radical (unpaired) electrons. The highest BCUT2D eigenvalue weighted by Crippen LogP contribution is 2.49. The highest BCUT2D eigenvalue weighted by atomic mass is 16.7. The fourth-order valence-electron chi connectivity index (χ4n) is 5.04. The lowest BCUT2D eigenvalue weighted by Crippen LogP contribution is -2.33. The van der Waals surface area contributed by atoms with Crippen LogP contribution in [0.1, 0.15) is 65.1 Å². The van der Waals surface area contributed by atoms with Gasteiger partial charge in [0.05, 0.1) is 17.1 Å². The normalized spacial score (nSPS) is 23.0. The van der Waals surface area contributed by atoms with Crippen molar-refractivity contribution in [2.24, 2.45) is 5.73 Å². The van der Waals surface area contributed by atoms with Crippen LogP contribution >= 0.6 is 0 Å². The van der Waals surface area contributed by atoms with Crippen molar-refractivity contribution in [2.45, 2.75) is 63.9 Å². The number of rotatable bonds is 3. The van der Waals surface area contributed by atoms with E-state index in [4.69, 9.17) is 15.6 Å². The predicted octanol–water partition coefficient (Wildman–Crippen LogP) is 3.68. The molecule has 0 aliphatic heterocycles. The molecule has 1 amide bonds. The van der Waals surface area contributed by atoms with Crippen LogP contribution in [0, 0.1) is 13.8 Å². The predicted molar refractivity (Wildman–Crippen MR) is 107 cm³/mol. The number of primary amides is 1. The Bertz CT molecular complexity index is 994. The van der Waals surface area contributed by atoms with Crippen molar-refractivity contribution in [3.63, 3.8) is 0 Å².